The maximum absolute atomic E-state index is 13.4. The Labute approximate surface area is 226 Å². The molecule has 0 saturated heterocycles. The van der Waals surface area contributed by atoms with Gasteiger partial charge in [0.1, 0.15) is 34.5 Å². The third-order valence-electron chi connectivity index (χ3n) is 5.34. The Bertz CT molecular complexity index is 1460. The van der Waals surface area contributed by atoms with Crippen molar-refractivity contribution in [3.63, 3.8) is 0 Å². The molecule has 0 amide bonds. The van der Waals surface area contributed by atoms with E-state index in [4.69, 9.17) is 14.2 Å². The second-order valence-electron chi connectivity index (χ2n) is 8.07. The quantitative estimate of drug-likeness (QED) is 0.257. The van der Waals surface area contributed by atoms with Crippen LogP contribution in [0.5, 0.6) is 17.4 Å². The summed E-state index contributed by atoms with van der Waals surface area (Å²) in [5, 5.41) is 7.31. The lowest BCUT2D eigenvalue weighted by molar-refractivity contribution is 0.327. The van der Waals surface area contributed by atoms with Crippen molar-refractivity contribution in [1.82, 2.24) is 19.7 Å². The van der Waals surface area contributed by atoms with Gasteiger partial charge in [0.05, 0.1) is 32.3 Å². The van der Waals surface area contributed by atoms with Crippen molar-refractivity contribution < 1.29 is 27.0 Å². The molecule has 0 bridgehead atoms. The third kappa shape index (κ3) is 6.96. The first-order valence-corrected chi connectivity index (χ1v) is 13.3. The van der Waals surface area contributed by atoms with E-state index >= 15 is 0 Å². The molecule has 208 valence electrons. The van der Waals surface area contributed by atoms with Crippen molar-refractivity contribution in [2.75, 3.05) is 25.5 Å². The Kier molecular flexibility index (Phi) is 9.71. The normalized spacial score (nSPS) is 13.1. The summed E-state index contributed by atoms with van der Waals surface area (Å²) in [5.74, 6) is 0.630. The molecule has 1 N–H and O–H groups in total. The first kappa shape index (κ1) is 29.2. The average molecular weight is 560 g/mol. The van der Waals surface area contributed by atoms with Crippen LogP contribution in [0.15, 0.2) is 58.4 Å². The molecule has 0 fully saturated rings. The lowest BCUT2D eigenvalue weighted by Gasteiger charge is -2.19. The van der Waals surface area contributed by atoms with Crippen molar-refractivity contribution in [3.05, 3.63) is 48.4 Å². The van der Waals surface area contributed by atoms with E-state index in [-0.39, 0.29) is 24.0 Å². The smallest absolute Gasteiger partial charge is 0.243 e. The minimum absolute atomic E-state index is 0.0513. The van der Waals surface area contributed by atoms with Gasteiger partial charge in [0.25, 0.3) is 0 Å². The number of sulfonamides is 1. The number of benzene rings is 1. The van der Waals surface area contributed by atoms with Gasteiger partial charge in [0.15, 0.2) is 5.82 Å². The van der Waals surface area contributed by atoms with Gasteiger partial charge in [-0.3, -0.25) is 9.29 Å². The number of ether oxygens (including phenoxy) is 3. The number of hydrogen-bond acceptors (Lipinski definition) is 9. The number of halogens is 1. The summed E-state index contributed by atoms with van der Waals surface area (Å²) in [4.78, 5) is 12.0. The summed E-state index contributed by atoms with van der Waals surface area (Å²) in [6.07, 6.45) is 0.802. The summed E-state index contributed by atoms with van der Waals surface area (Å²) in [7, 11) is -1.15. The SMILES string of the molecule is C=NC(C[C@@H](C)S(=O)(=O)Nc1nnc(-c2cccc(OCC)n2)n1-c1c(OC)cccc1OC)=N/C=C(\C)F. The molecule has 1 aromatic carbocycles. The number of para-hydroxylation sites is 1. The Morgan fingerprint density at radius 2 is 1.85 bits per heavy atom. The molecule has 0 radical (unpaired) electrons. The van der Waals surface area contributed by atoms with E-state index in [1.165, 1.54) is 32.6 Å². The number of methoxy groups -OCH3 is 2. The molecule has 0 aliphatic carbocycles. The summed E-state index contributed by atoms with van der Waals surface area (Å²) in [6, 6.07) is 10.2. The largest absolute Gasteiger partial charge is 0.494 e. The van der Waals surface area contributed by atoms with Gasteiger partial charge in [-0.2, -0.15) is 0 Å². The van der Waals surface area contributed by atoms with Crippen molar-refractivity contribution >= 4 is 28.5 Å². The van der Waals surface area contributed by atoms with Crippen molar-refractivity contribution in [3.8, 4) is 34.6 Å². The van der Waals surface area contributed by atoms with Gasteiger partial charge in [-0.1, -0.05) is 12.1 Å². The minimum atomic E-state index is -4.10. The molecule has 0 unspecified atom stereocenters. The third-order valence-corrected chi connectivity index (χ3v) is 7.03. The minimum Gasteiger partial charge on any atom is -0.494 e. The Morgan fingerprint density at radius 1 is 1.18 bits per heavy atom. The van der Waals surface area contributed by atoms with E-state index < -0.39 is 21.1 Å². The number of anilines is 1. The van der Waals surface area contributed by atoms with Gasteiger partial charge in [0, 0.05) is 12.5 Å². The average Bonchev–Trinajstić information content (AvgIpc) is 3.32. The van der Waals surface area contributed by atoms with Crippen LogP contribution < -0.4 is 18.9 Å². The zero-order valence-corrected chi connectivity index (χ0v) is 23.1. The van der Waals surface area contributed by atoms with E-state index in [2.05, 4.69) is 36.6 Å². The Morgan fingerprint density at radius 3 is 2.44 bits per heavy atom. The predicted molar refractivity (Wildman–Crippen MR) is 147 cm³/mol. The number of allylic oxidation sites excluding steroid dienone is 1. The van der Waals surface area contributed by atoms with E-state index in [0.29, 0.717) is 35.4 Å². The Hall–Kier alpha value is -4.33. The highest BCUT2D eigenvalue weighted by molar-refractivity contribution is 7.93. The molecule has 3 aromatic rings. The molecule has 0 aliphatic heterocycles. The first-order chi connectivity index (χ1) is 18.6. The molecule has 3 rings (SSSR count). The fourth-order valence-corrected chi connectivity index (χ4v) is 4.42. The summed E-state index contributed by atoms with van der Waals surface area (Å²) in [6.45, 7) is 8.28. The molecule has 39 heavy (non-hydrogen) atoms. The second-order valence-corrected chi connectivity index (χ2v) is 10.2. The molecule has 12 nitrogen and oxygen atoms in total. The zero-order chi connectivity index (χ0) is 28.6. The van der Waals surface area contributed by atoms with Gasteiger partial charge in [-0.15, -0.1) is 10.2 Å². The van der Waals surface area contributed by atoms with Gasteiger partial charge in [-0.05, 0) is 45.7 Å². The van der Waals surface area contributed by atoms with E-state index in [0.717, 1.165) is 6.20 Å². The molecule has 0 aliphatic rings. The van der Waals surface area contributed by atoms with Gasteiger partial charge >= 0.3 is 0 Å². The van der Waals surface area contributed by atoms with Crippen LogP contribution in [0.3, 0.4) is 0 Å². The number of amidine groups is 1. The van der Waals surface area contributed by atoms with Crippen molar-refractivity contribution in [2.24, 2.45) is 9.98 Å². The molecule has 14 heteroatoms. The van der Waals surface area contributed by atoms with Gasteiger partial charge in [0.2, 0.25) is 21.9 Å². The van der Waals surface area contributed by atoms with Crippen molar-refractivity contribution in [1.29, 1.82) is 0 Å². The molecule has 0 saturated carbocycles. The Balaban J connectivity index is 2.15. The van der Waals surface area contributed by atoms with Gasteiger partial charge in [-0.25, -0.2) is 27.8 Å². The number of aromatic nitrogens is 4. The number of rotatable bonds is 12. The number of aliphatic imine (C=N–C) groups is 2. The predicted octanol–water partition coefficient (Wildman–Crippen LogP) is 4.20. The highest BCUT2D eigenvalue weighted by atomic mass is 32.2. The molecule has 2 heterocycles. The van der Waals surface area contributed by atoms with Crippen molar-refractivity contribution in [2.45, 2.75) is 32.4 Å². The zero-order valence-electron chi connectivity index (χ0n) is 22.3. The van der Waals surface area contributed by atoms with Crippen LogP contribution in [0.2, 0.25) is 0 Å². The van der Waals surface area contributed by atoms with Crippen LogP contribution in [-0.2, 0) is 10.0 Å². The number of nitrogens with zero attached hydrogens (tertiary/aromatic N) is 6. The number of hydrogen-bond donors (Lipinski definition) is 1. The maximum Gasteiger partial charge on any atom is 0.243 e. The van der Waals surface area contributed by atoms with Crippen LogP contribution in [0.25, 0.3) is 17.2 Å². The fourth-order valence-electron chi connectivity index (χ4n) is 3.46. The summed E-state index contributed by atoms with van der Waals surface area (Å²) < 4.78 is 60.4. The van der Waals surface area contributed by atoms with Crippen LogP contribution >= 0.6 is 0 Å². The first-order valence-electron chi connectivity index (χ1n) is 11.8. The highest BCUT2D eigenvalue weighted by Crippen LogP contribution is 2.37. The number of pyridine rings is 1. The van der Waals surface area contributed by atoms with E-state index in [1.807, 2.05) is 6.92 Å². The molecule has 2 aromatic heterocycles. The van der Waals surface area contributed by atoms with Crippen LogP contribution in [0.1, 0.15) is 27.2 Å². The maximum atomic E-state index is 13.4. The number of nitrogens with one attached hydrogen (secondary N) is 1. The lowest BCUT2D eigenvalue weighted by atomic mass is 10.2. The molecular formula is C25H30FN7O5S. The van der Waals surface area contributed by atoms with Crippen LogP contribution in [-0.4, -0.2) is 66.8 Å². The van der Waals surface area contributed by atoms with Gasteiger partial charge < -0.3 is 14.2 Å². The van der Waals surface area contributed by atoms with E-state index in [1.54, 1.807) is 36.4 Å². The topological polar surface area (TPSA) is 142 Å². The molecular weight excluding hydrogens is 529 g/mol. The second kappa shape index (κ2) is 13.0. The molecule has 1 atom stereocenters. The van der Waals surface area contributed by atoms with E-state index in [9.17, 15) is 12.8 Å². The van der Waals surface area contributed by atoms with Crippen LogP contribution in [0, 0.1) is 0 Å². The van der Waals surface area contributed by atoms with Crippen LogP contribution in [0.4, 0.5) is 10.3 Å². The monoisotopic (exact) mass is 559 g/mol. The summed E-state index contributed by atoms with van der Waals surface area (Å²) in [5.41, 5.74) is 0.702. The molecule has 0 spiro atoms. The lowest BCUT2D eigenvalue weighted by Crippen LogP contribution is -2.28. The highest BCUT2D eigenvalue weighted by Gasteiger charge is 2.29. The standard InChI is InChI=1S/C25H30FN7O5S/c1-7-38-22-13-8-10-18(29-22)24-30-31-25(33(24)23-19(36-5)11-9-12-20(23)37-6)32-39(34,35)17(3)14-21(27-4)28-15-16(2)26/h8-13,15,17H,4,7,14H2,1-3,5-6H3,(H,31,32)/b16-15+,28-21?/t17-/m1/s1. The fraction of sp³-hybridized carbons (Fsp3) is 0.320. The summed E-state index contributed by atoms with van der Waals surface area (Å²) >= 11 is 0.